The van der Waals surface area contributed by atoms with E-state index >= 15 is 0 Å². The lowest BCUT2D eigenvalue weighted by atomic mass is 10.1. The molecule has 2 rings (SSSR count). The van der Waals surface area contributed by atoms with E-state index in [1.165, 1.54) is 18.2 Å². The van der Waals surface area contributed by atoms with Gasteiger partial charge >= 0.3 is 0 Å². The number of ether oxygens (including phenoxy) is 1. The number of benzene rings is 2. The van der Waals surface area contributed by atoms with Crippen LogP contribution in [0.4, 0.5) is 8.78 Å². The topological polar surface area (TPSA) is 74.8 Å². The van der Waals surface area contributed by atoms with Gasteiger partial charge in [0.1, 0.15) is 11.9 Å². The quantitative estimate of drug-likeness (QED) is 0.341. The first-order valence-electron chi connectivity index (χ1n) is 9.34. The summed E-state index contributed by atoms with van der Waals surface area (Å²) in [5, 5.41) is 8.90. The van der Waals surface area contributed by atoms with Crippen LogP contribution in [-0.4, -0.2) is 44.7 Å². The van der Waals surface area contributed by atoms with Crippen molar-refractivity contribution in [2.45, 2.75) is 19.4 Å². The molecule has 0 aliphatic carbocycles. The largest absolute Gasteiger partial charge is 0.486 e. The Balaban J connectivity index is 1.64. The molecule has 0 spiro atoms. The summed E-state index contributed by atoms with van der Waals surface area (Å²) in [4.78, 5) is 16.0. The second-order valence-corrected chi connectivity index (χ2v) is 6.40. The van der Waals surface area contributed by atoms with Gasteiger partial charge in [-0.2, -0.15) is 0 Å². The van der Waals surface area contributed by atoms with Gasteiger partial charge in [-0.25, -0.2) is 8.78 Å². The fourth-order valence-electron chi connectivity index (χ4n) is 2.54. The van der Waals surface area contributed by atoms with Crippen molar-refractivity contribution in [1.82, 2.24) is 16.0 Å². The van der Waals surface area contributed by atoms with E-state index in [4.69, 9.17) is 4.74 Å². The Morgan fingerprint density at radius 1 is 1.07 bits per heavy atom. The minimum absolute atomic E-state index is 0.121. The lowest BCUT2D eigenvalue weighted by molar-refractivity contribution is -0.120. The number of amides is 1. The molecule has 0 heterocycles. The van der Waals surface area contributed by atoms with Gasteiger partial charge in [-0.05, 0) is 36.8 Å². The molecule has 0 aliphatic rings. The number of aliphatic imine (C=N–C) groups is 1. The average molecular weight is 404 g/mol. The van der Waals surface area contributed by atoms with Crippen molar-refractivity contribution in [3.63, 3.8) is 0 Å². The van der Waals surface area contributed by atoms with Gasteiger partial charge in [0.05, 0.1) is 13.0 Å². The normalized spacial score (nSPS) is 12.2. The fourth-order valence-corrected chi connectivity index (χ4v) is 2.54. The first-order chi connectivity index (χ1) is 14.0. The van der Waals surface area contributed by atoms with Crippen LogP contribution >= 0.6 is 0 Å². The molecule has 0 bridgehead atoms. The van der Waals surface area contributed by atoms with E-state index in [2.05, 4.69) is 20.9 Å². The zero-order valence-electron chi connectivity index (χ0n) is 16.5. The lowest BCUT2D eigenvalue weighted by Gasteiger charge is -2.18. The highest BCUT2D eigenvalue weighted by Crippen LogP contribution is 2.16. The molecule has 0 fully saturated rings. The summed E-state index contributed by atoms with van der Waals surface area (Å²) >= 11 is 0. The smallest absolute Gasteiger partial charge is 0.224 e. The van der Waals surface area contributed by atoms with Gasteiger partial charge in [-0.3, -0.25) is 9.79 Å². The zero-order chi connectivity index (χ0) is 21.1. The third kappa shape index (κ3) is 8.16. The number of guanidine groups is 1. The van der Waals surface area contributed by atoms with Crippen LogP contribution in [0.5, 0.6) is 5.75 Å². The van der Waals surface area contributed by atoms with Crippen molar-refractivity contribution in [1.29, 1.82) is 0 Å². The number of hydrogen-bond donors (Lipinski definition) is 3. The van der Waals surface area contributed by atoms with Crippen molar-refractivity contribution in [3.8, 4) is 5.75 Å². The molecule has 2 aromatic carbocycles. The molecule has 1 unspecified atom stereocenters. The standard InChI is InChI=1S/C21H26F2N4O2/c1-15(29-19-9-4-3-8-18(19)23)14-27-21(24-2)26-11-10-25-20(28)13-16-6-5-7-17(22)12-16/h3-9,12,15H,10-11,13-14H2,1-2H3,(H,25,28)(H2,24,26,27). The Bertz CT molecular complexity index is 830. The van der Waals surface area contributed by atoms with Crippen LogP contribution in [-0.2, 0) is 11.2 Å². The monoisotopic (exact) mass is 404 g/mol. The van der Waals surface area contributed by atoms with Gasteiger partial charge in [0.25, 0.3) is 0 Å². The van der Waals surface area contributed by atoms with Crippen molar-refractivity contribution in [2.75, 3.05) is 26.7 Å². The summed E-state index contributed by atoms with van der Waals surface area (Å²) < 4.78 is 32.3. The molecule has 29 heavy (non-hydrogen) atoms. The highest BCUT2D eigenvalue weighted by molar-refractivity contribution is 5.80. The van der Waals surface area contributed by atoms with Crippen molar-refractivity contribution < 1.29 is 18.3 Å². The van der Waals surface area contributed by atoms with Gasteiger partial charge in [0.15, 0.2) is 17.5 Å². The highest BCUT2D eigenvalue weighted by Gasteiger charge is 2.09. The number of carbonyl (C=O) groups excluding carboxylic acids is 1. The molecule has 0 aliphatic heterocycles. The van der Waals surface area contributed by atoms with Crippen LogP contribution in [0, 0.1) is 11.6 Å². The maximum Gasteiger partial charge on any atom is 0.224 e. The highest BCUT2D eigenvalue weighted by atomic mass is 19.1. The number of rotatable bonds is 9. The van der Waals surface area contributed by atoms with E-state index in [-0.39, 0.29) is 30.0 Å². The predicted octanol–water partition coefficient (Wildman–Crippen LogP) is 2.26. The number of carbonyl (C=O) groups is 1. The first kappa shape index (κ1) is 22.1. The number of nitrogens with one attached hydrogen (secondary N) is 3. The molecule has 0 radical (unpaired) electrons. The second-order valence-electron chi connectivity index (χ2n) is 6.40. The summed E-state index contributed by atoms with van der Waals surface area (Å²) in [6.45, 7) is 3.08. The van der Waals surface area contributed by atoms with E-state index in [0.717, 1.165) is 0 Å². The third-order valence-corrected chi connectivity index (χ3v) is 3.94. The molecule has 6 nitrogen and oxygen atoms in total. The molecular weight excluding hydrogens is 378 g/mol. The second kappa shape index (κ2) is 11.6. The van der Waals surface area contributed by atoms with Crippen LogP contribution in [0.3, 0.4) is 0 Å². The minimum Gasteiger partial charge on any atom is -0.486 e. The number of nitrogens with zero attached hydrogens (tertiary/aromatic N) is 1. The summed E-state index contributed by atoms with van der Waals surface area (Å²) in [5.74, 6) is -0.220. The van der Waals surface area contributed by atoms with E-state index in [1.54, 1.807) is 37.4 Å². The Kier molecular flexibility index (Phi) is 8.88. The SMILES string of the molecule is CN=C(NCCNC(=O)Cc1cccc(F)c1)NCC(C)Oc1ccccc1F. The number of halogens is 2. The van der Waals surface area contributed by atoms with Gasteiger partial charge in [-0.15, -0.1) is 0 Å². The average Bonchev–Trinajstić information content (AvgIpc) is 2.69. The maximum atomic E-state index is 13.6. The molecule has 8 heteroatoms. The first-order valence-corrected chi connectivity index (χ1v) is 9.34. The van der Waals surface area contributed by atoms with Gasteiger partial charge in [-0.1, -0.05) is 24.3 Å². The molecule has 1 atom stereocenters. The van der Waals surface area contributed by atoms with E-state index in [1.807, 2.05) is 6.92 Å². The molecule has 156 valence electrons. The van der Waals surface area contributed by atoms with Gasteiger partial charge in [0, 0.05) is 20.1 Å². The fraction of sp³-hybridized carbons (Fsp3) is 0.333. The van der Waals surface area contributed by atoms with Gasteiger partial charge < -0.3 is 20.7 Å². The van der Waals surface area contributed by atoms with Crippen LogP contribution < -0.4 is 20.7 Å². The summed E-state index contributed by atoms with van der Waals surface area (Å²) in [7, 11) is 1.63. The lowest BCUT2D eigenvalue weighted by Crippen LogP contribution is -2.44. The Labute approximate surface area is 169 Å². The van der Waals surface area contributed by atoms with E-state index in [0.29, 0.717) is 31.2 Å². The third-order valence-electron chi connectivity index (χ3n) is 3.94. The summed E-state index contributed by atoms with van der Waals surface area (Å²) in [5.41, 5.74) is 0.622. The minimum atomic E-state index is -0.407. The molecule has 0 saturated carbocycles. The Hall–Kier alpha value is -3.16. The maximum absolute atomic E-state index is 13.6. The molecule has 3 N–H and O–H groups in total. The summed E-state index contributed by atoms with van der Waals surface area (Å²) in [6.07, 6.45) is -0.160. The molecule has 0 saturated heterocycles. The van der Waals surface area contributed by atoms with Crippen LogP contribution in [0.25, 0.3) is 0 Å². The Morgan fingerprint density at radius 3 is 2.55 bits per heavy atom. The number of hydrogen-bond acceptors (Lipinski definition) is 3. The van der Waals surface area contributed by atoms with E-state index < -0.39 is 5.82 Å². The predicted molar refractivity (Wildman–Crippen MR) is 109 cm³/mol. The van der Waals surface area contributed by atoms with E-state index in [9.17, 15) is 13.6 Å². The molecular formula is C21H26F2N4O2. The van der Waals surface area contributed by atoms with Gasteiger partial charge in [0.2, 0.25) is 5.91 Å². The van der Waals surface area contributed by atoms with Crippen LogP contribution in [0.1, 0.15) is 12.5 Å². The van der Waals surface area contributed by atoms with Crippen molar-refractivity contribution in [2.24, 2.45) is 4.99 Å². The Morgan fingerprint density at radius 2 is 1.83 bits per heavy atom. The van der Waals surface area contributed by atoms with Crippen molar-refractivity contribution >= 4 is 11.9 Å². The summed E-state index contributed by atoms with van der Waals surface area (Å²) in [6, 6.07) is 12.2. The molecule has 2 aromatic rings. The van der Waals surface area contributed by atoms with Crippen LogP contribution in [0.15, 0.2) is 53.5 Å². The van der Waals surface area contributed by atoms with Crippen LogP contribution in [0.2, 0.25) is 0 Å². The zero-order valence-corrected chi connectivity index (χ0v) is 16.5. The number of para-hydroxylation sites is 1. The van der Waals surface area contributed by atoms with Crippen molar-refractivity contribution in [3.05, 3.63) is 65.7 Å². The molecule has 1 amide bonds. The molecule has 0 aromatic heterocycles.